The molecule has 0 N–H and O–H groups in total. The van der Waals surface area contributed by atoms with Crippen LogP contribution in [0.3, 0.4) is 0 Å². The molecule has 0 aliphatic carbocycles. The van der Waals surface area contributed by atoms with Crippen molar-refractivity contribution in [3.05, 3.63) is 0 Å². The molecule has 0 fully saturated rings. The van der Waals surface area contributed by atoms with Crippen LogP contribution in [0.5, 0.6) is 0 Å². The van der Waals surface area contributed by atoms with E-state index in [1.165, 1.54) is 12.7 Å². The molecule has 0 aromatic carbocycles. The molecule has 0 bridgehead atoms. The lowest BCUT2D eigenvalue weighted by molar-refractivity contribution is 0.296. The Kier molecular flexibility index (Phi) is 2.16. The Balaban J connectivity index is 2.10. The molecule has 5 nitrogen and oxygen atoms in total. The fraction of sp³-hybridized carbons (Fsp3) is 0.500. The Hall–Kier alpha value is -1.52. The molecule has 5 heteroatoms. The van der Waals surface area contributed by atoms with Crippen molar-refractivity contribution in [2.45, 2.75) is 19.4 Å². The molecule has 0 spiro atoms. The number of hydrogen-bond donors (Lipinski definition) is 0. The molecule has 68 valence electrons. The fourth-order valence-corrected chi connectivity index (χ4v) is 1.11. The van der Waals surface area contributed by atoms with E-state index in [4.69, 9.17) is 4.74 Å². The van der Waals surface area contributed by atoms with Crippen molar-refractivity contribution in [1.29, 1.82) is 0 Å². The second-order valence-electron chi connectivity index (χ2n) is 2.71. The summed E-state index contributed by atoms with van der Waals surface area (Å²) in [4.78, 5) is 16.1. The van der Waals surface area contributed by atoms with Crippen LogP contribution in [0.4, 0.5) is 0 Å². The second-order valence-corrected chi connectivity index (χ2v) is 2.71. The first kappa shape index (κ1) is 8.10. The van der Waals surface area contributed by atoms with Crippen molar-refractivity contribution in [2.24, 2.45) is 20.0 Å². The first-order chi connectivity index (χ1) is 6.42. The highest BCUT2D eigenvalue weighted by atomic mass is 16.5. The van der Waals surface area contributed by atoms with Gasteiger partial charge in [0.05, 0.1) is 6.61 Å². The minimum Gasteiger partial charge on any atom is -0.479 e. The van der Waals surface area contributed by atoms with Gasteiger partial charge in [-0.1, -0.05) is 6.92 Å². The molecule has 0 amide bonds. The van der Waals surface area contributed by atoms with Crippen LogP contribution in [0.25, 0.3) is 0 Å². The maximum absolute atomic E-state index is 5.41. The van der Waals surface area contributed by atoms with Crippen LogP contribution >= 0.6 is 0 Å². The Morgan fingerprint density at radius 2 is 2.31 bits per heavy atom. The summed E-state index contributed by atoms with van der Waals surface area (Å²) in [6, 6.07) is -0.198. The number of aliphatic imine (C=N–C) groups is 4. The van der Waals surface area contributed by atoms with Gasteiger partial charge in [-0.15, -0.1) is 0 Å². The quantitative estimate of drug-likeness (QED) is 0.612. The van der Waals surface area contributed by atoms with Crippen LogP contribution < -0.4 is 0 Å². The minimum atomic E-state index is -0.198. The predicted octanol–water partition coefficient (Wildman–Crippen LogP) is 0.662. The number of ether oxygens (including phenoxy) is 1. The first-order valence-corrected chi connectivity index (χ1v) is 4.24. The van der Waals surface area contributed by atoms with Crippen LogP contribution in [0.1, 0.15) is 13.3 Å². The third kappa shape index (κ3) is 1.49. The average Bonchev–Trinajstić information content (AvgIpc) is 2.62. The van der Waals surface area contributed by atoms with Gasteiger partial charge in [0, 0.05) is 0 Å². The van der Waals surface area contributed by atoms with E-state index in [0.717, 1.165) is 6.42 Å². The molecule has 13 heavy (non-hydrogen) atoms. The van der Waals surface area contributed by atoms with E-state index in [-0.39, 0.29) is 6.04 Å². The van der Waals surface area contributed by atoms with Gasteiger partial charge < -0.3 is 4.74 Å². The zero-order valence-corrected chi connectivity index (χ0v) is 7.34. The highest BCUT2D eigenvalue weighted by Gasteiger charge is 2.27. The molecule has 2 rings (SSSR count). The summed E-state index contributed by atoms with van der Waals surface area (Å²) in [6.07, 6.45) is 3.90. The predicted molar refractivity (Wildman–Crippen MR) is 51.9 cm³/mol. The molecule has 0 radical (unpaired) electrons. The van der Waals surface area contributed by atoms with E-state index >= 15 is 0 Å². The van der Waals surface area contributed by atoms with E-state index in [2.05, 4.69) is 20.0 Å². The highest BCUT2D eigenvalue weighted by Crippen LogP contribution is 2.10. The topological polar surface area (TPSA) is 58.7 Å². The summed E-state index contributed by atoms with van der Waals surface area (Å²) in [5.74, 6) is 1.27. The zero-order valence-electron chi connectivity index (χ0n) is 7.34. The van der Waals surface area contributed by atoms with Crippen LogP contribution in [-0.4, -0.2) is 37.1 Å². The van der Waals surface area contributed by atoms with Gasteiger partial charge in [-0.2, -0.15) is 0 Å². The monoisotopic (exact) mass is 178 g/mol. The summed E-state index contributed by atoms with van der Waals surface area (Å²) < 4.78 is 5.41. The molecule has 2 heterocycles. The maximum atomic E-state index is 5.41. The van der Waals surface area contributed by atoms with E-state index in [0.29, 0.717) is 18.3 Å². The van der Waals surface area contributed by atoms with Gasteiger partial charge >= 0.3 is 0 Å². The van der Waals surface area contributed by atoms with Crippen LogP contribution in [0.2, 0.25) is 0 Å². The molecule has 1 unspecified atom stereocenters. The van der Waals surface area contributed by atoms with Gasteiger partial charge in [0.15, 0.2) is 11.9 Å². The van der Waals surface area contributed by atoms with E-state index in [9.17, 15) is 0 Å². The molecule has 2 aliphatic heterocycles. The molecular weight excluding hydrogens is 168 g/mol. The smallest absolute Gasteiger partial charge is 0.223 e. The molecule has 1 atom stereocenters. The second kappa shape index (κ2) is 3.47. The van der Waals surface area contributed by atoms with Crippen molar-refractivity contribution in [3.63, 3.8) is 0 Å². The summed E-state index contributed by atoms with van der Waals surface area (Å²) in [6.45, 7) is 2.70. The van der Waals surface area contributed by atoms with Gasteiger partial charge in [-0.05, 0) is 6.42 Å². The lowest BCUT2D eigenvalue weighted by atomic mass is 10.2. The van der Waals surface area contributed by atoms with Crippen LogP contribution in [0.15, 0.2) is 20.0 Å². The summed E-state index contributed by atoms with van der Waals surface area (Å²) >= 11 is 0. The third-order valence-electron chi connectivity index (χ3n) is 1.71. The van der Waals surface area contributed by atoms with Crippen molar-refractivity contribution >= 4 is 24.4 Å². The molecular formula is C8H10N4O. The third-order valence-corrected chi connectivity index (χ3v) is 1.71. The van der Waals surface area contributed by atoms with Crippen molar-refractivity contribution in [1.82, 2.24) is 0 Å². The first-order valence-electron chi connectivity index (χ1n) is 4.24. The van der Waals surface area contributed by atoms with E-state index < -0.39 is 0 Å². The number of nitrogens with zero attached hydrogens (tertiary/aromatic N) is 4. The van der Waals surface area contributed by atoms with Crippen molar-refractivity contribution < 1.29 is 4.74 Å². The average molecular weight is 178 g/mol. The Bertz CT molecular complexity index is 316. The van der Waals surface area contributed by atoms with Gasteiger partial charge in [-0.3, -0.25) is 4.99 Å². The summed E-state index contributed by atoms with van der Waals surface area (Å²) in [5, 5.41) is 0. The van der Waals surface area contributed by atoms with E-state index in [1.807, 2.05) is 6.92 Å². The van der Waals surface area contributed by atoms with Crippen LogP contribution in [-0.2, 0) is 4.74 Å². The highest BCUT2D eigenvalue weighted by molar-refractivity contribution is 6.18. The van der Waals surface area contributed by atoms with Crippen molar-refractivity contribution in [3.8, 4) is 0 Å². The largest absolute Gasteiger partial charge is 0.479 e. The number of rotatable bonds is 2. The minimum absolute atomic E-state index is 0.198. The SMILES string of the molecule is CCCOC1=NC=NC2=NC=NC21. The van der Waals surface area contributed by atoms with Gasteiger partial charge in [-0.25, -0.2) is 15.0 Å². The normalized spacial score (nSPS) is 23.9. The molecule has 2 aliphatic rings. The Labute approximate surface area is 76.0 Å². The van der Waals surface area contributed by atoms with Crippen LogP contribution in [0, 0.1) is 0 Å². The zero-order chi connectivity index (χ0) is 9.10. The lowest BCUT2D eigenvalue weighted by Gasteiger charge is -2.14. The Morgan fingerprint density at radius 1 is 1.38 bits per heavy atom. The van der Waals surface area contributed by atoms with Gasteiger partial charge in [0.2, 0.25) is 5.90 Å². The fourth-order valence-electron chi connectivity index (χ4n) is 1.11. The number of amidine groups is 1. The summed E-state index contributed by atoms with van der Waals surface area (Å²) in [7, 11) is 0. The number of fused-ring (bicyclic) bond motifs is 1. The van der Waals surface area contributed by atoms with Gasteiger partial charge in [0.1, 0.15) is 12.7 Å². The Morgan fingerprint density at radius 3 is 3.15 bits per heavy atom. The summed E-state index contributed by atoms with van der Waals surface area (Å²) in [5.41, 5.74) is 0. The number of hydrogen-bond acceptors (Lipinski definition) is 5. The van der Waals surface area contributed by atoms with E-state index in [1.54, 1.807) is 0 Å². The standard InChI is InChI=1S/C8H10N4O/c1-2-3-13-8-6-7(10-4-9-6)11-5-12-8/h4-6H,2-3H2,1H3. The maximum Gasteiger partial charge on any atom is 0.223 e. The lowest BCUT2D eigenvalue weighted by Crippen LogP contribution is -2.30. The molecule has 0 saturated heterocycles. The molecule has 0 aromatic heterocycles. The molecule has 0 aromatic rings. The van der Waals surface area contributed by atoms with Gasteiger partial charge in [0.25, 0.3) is 0 Å². The van der Waals surface area contributed by atoms with Crippen molar-refractivity contribution in [2.75, 3.05) is 6.61 Å². The molecule has 0 saturated carbocycles.